The van der Waals surface area contributed by atoms with E-state index in [9.17, 15) is 9.59 Å². The van der Waals surface area contributed by atoms with Crippen LogP contribution in [0.5, 0.6) is 0 Å². The predicted octanol–water partition coefficient (Wildman–Crippen LogP) is 2.81. The number of pyridine rings is 1. The number of hydrogen-bond donors (Lipinski definition) is 2. The van der Waals surface area contributed by atoms with Gasteiger partial charge in [-0.25, -0.2) is 4.98 Å². The van der Waals surface area contributed by atoms with Gasteiger partial charge in [0.25, 0.3) is 0 Å². The average molecular weight is 418 g/mol. The molecule has 1 aliphatic carbocycles. The summed E-state index contributed by atoms with van der Waals surface area (Å²) in [5.74, 6) is 0.853. The van der Waals surface area contributed by atoms with E-state index in [2.05, 4.69) is 29.0 Å². The Labute approximate surface area is 181 Å². The van der Waals surface area contributed by atoms with E-state index in [1.807, 2.05) is 13.0 Å². The average Bonchev–Trinajstić information content (AvgIpc) is 2.77. The summed E-state index contributed by atoms with van der Waals surface area (Å²) >= 11 is 0. The summed E-state index contributed by atoms with van der Waals surface area (Å²) in [7, 11) is 1.78. The number of aromatic nitrogens is 1. The first-order valence-electron chi connectivity index (χ1n) is 11.4. The maximum absolute atomic E-state index is 13.2. The monoisotopic (exact) mass is 417 g/mol. The summed E-state index contributed by atoms with van der Waals surface area (Å²) in [6.45, 7) is 8.03. The lowest BCUT2D eigenvalue weighted by Crippen LogP contribution is -2.54. The molecule has 2 rings (SSSR count). The van der Waals surface area contributed by atoms with Gasteiger partial charge in [-0.3, -0.25) is 14.5 Å². The van der Waals surface area contributed by atoms with Gasteiger partial charge in [-0.2, -0.15) is 0 Å². The summed E-state index contributed by atoms with van der Waals surface area (Å²) in [6, 6.07) is 2.88. The molecule has 168 valence electrons. The molecule has 1 aromatic rings. The molecule has 7 heteroatoms. The molecule has 1 heterocycles. The molecule has 3 N–H and O–H groups in total. The normalized spacial score (nSPS) is 16.8. The molecule has 0 aromatic carbocycles. The van der Waals surface area contributed by atoms with E-state index in [1.165, 1.54) is 19.3 Å². The van der Waals surface area contributed by atoms with Crippen molar-refractivity contribution in [2.45, 2.75) is 77.9 Å². The van der Waals surface area contributed by atoms with Crippen LogP contribution >= 0.6 is 0 Å². The number of carbonyl (C=O) groups excluding carboxylic acids is 2. The van der Waals surface area contributed by atoms with Gasteiger partial charge in [0.2, 0.25) is 11.8 Å². The van der Waals surface area contributed by atoms with Crippen LogP contribution in [0.25, 0.3) is 0 Å². The molecule has 0 aliphatic heterocycles. The van der Waals surface area contributed by atoms with Gasteiger partial charge in [-0.15, -0.1) is 0 Å². The largest absolute Gasteiger partial charge is 0.384 e. The smallest absolute Gasteiger partial charge is 0.243 e. The highest BCUT2D eigenvalue weighted by Crippen LogP contribution is 2.29. The number of anilines is 1. The second-order valence-corrected chi connectivity index (χ2v) is 8.41. The van der Waals surface area contributed by atoms with Crippen molar-refractivity contribution in [3.8, 4) is 0 Å². The molecular formula is C23H39N5O2. The molecule has 30 heavy (non-hydrogen) atoms. The van der Waals surface area contributed by atoms with E-state index < -0.39 is 6.04 Å². The Morgan fingerprint density at radius 3 is 2.43 bits per heavy atom. The SMILES string of the molecule is CCN(CC)C(C)C(=O)N(C)[C@@H](CC1CCCCC1)C(=O)NCc1ccc(N)nc1. The van der Waals surface area contributed by atoms with Crippen molar-refractivity contribution in [1.82, 2.24) is 20.1 Å². The molecule has 1 aromatic heterocycles. The van der Waals surface area contributed by atoms with Crippen molar-refractivity contribution in [2.75, 3.05) is 25.9 Å². The fourth-order valence-electron chi connectivity index (χ4n) is 4.40. The first-order valence-corrected chi connectivity index (χ1v) is 11.4. The zero-order chi connectivity index (χ0) is 22.1. The summed E-state index contributed by atoms with van der Waals surface area (Å²) in [5, 5.41) is 3.01. The first kappa shape index (κ1) is 24.1. The number of nitrogens with zero attached hydrogens (tertiary/aromatic N) is 3. The number of nitrogen functional groups attached to an aromatic ring is 1. The minimum Gasteiger partial charge on any atom is -0.384 e. The summed E-state index contributed by atoms with van der Waals surface area (Å²) < 4.78 is 0. The van der Waals surface area contributed by atoms with Crippen LogP contribution in [0.1, 0.15) is 64.9 Å². The number of carbonyl (C=O) groups is 2. The van der Waals surface area contributed by atoms with E-state index in [4.69, 9.17) is 5.73 Å². The van der Waals surface area contributed by atoms with Gasteiger partial charge >= 0.3 is 0 Å². The van der Waals surface area contributed by atoms with Crippen LogP contribution < -0.4 is 11.1 Å². The van der Waals surface area contributed by atoms with E-state index in [1.54, 1.807) is 24.2 Å². The molecule has 0 radical (unpaired) electrons. The Balaban J connectivity index is 2.10. The number of hydrogen-bond acceptors (Lipinski definition) is 5. The Morgan fingerprint density at radius 1 is 1.20 bits per heavy atom. The van der Waals surface area contributed by atoms with Crippen molar-refractivity contribution in [2.24, 2.45) is 5.92 Å². The predicted molar refractivity (Wildman–Crippen MR) is 121 cm³/mol. The zero-order valence-corrected chi connectivity index (χ0v) is 19.1. The lowest BCUT2D eigenvalue weighted by Gasteiger charge is -2.35. The number of nitrogens with two attached hydrogens (primary N) is 1. The number of rotatable bonds is 10. The molecule has 1 saturated carbocycles. The molecule has 2 amide bonds. The fraction of sp³-hybridized carbons (Fsp3) is 0.696. The maximum Gasteiger partial charge on any atom is 0.243 e. The first-order chi connectivity index (χ1) is 14.4. The quantitative estimate of drug-likeness (QED) is 0.611. The van der Waals surface area contributed by atoms with Crippen molar-refractivity contribution >= 4 is 17.6 Å². The van der Waals surface area contributed by atoms with Crippen molar-refractivity contribution in [3.63, 3.8) is 0 Å². The lowest BCUT2D eigenvalue weighted by atomic mass is 9.84. The molecule has 2 atom stereocenters. The lowest BCUT2D eigenvalue weighted by molar-refractivity contribution is -0.143. The zero-order valence-electron chi connectivity index (χ0n) is 19.1. The van der Waals surface area contributed by atoms with Crippen LogP contribution in [-0.2, 0) is 16.1 Å². The third kappa shape index (κ3) is 6.69. The molecule has 1 unspecified atom stereocenters. The summed E-state index contributed by atoms with van der Waals surface area (Å²) in [6.07, 6.45) is 8.36. The number of amides is 2. The highest BCUT2D eigenvalue weighted by atomic mass is 16.2. The Morgan fingerprint density at radius 2 is 1.87 bits per heavy atom. The summed E-state index contributed by atoms with van der Waals surface area (Å²) in [5.41, 5.74) is 6.53. The van der Waals surface area contributed by atoms with Crippen LogP contribution in [-0.4, -0.2) is 58.8 Å². The molecule has 1 fully saturated rings. The van der Waals surface area contributed by atoms with E-state index in [-0.39, 0.29) is 17.9 Å². The van der Waals surface area contributed by atoms with Crippen LogP contribution in [0.3, 0.4) is 0 Å². The minimum atomic E-state index is -0.458. The Kier molecular flexibility index (Phi) is 9.56. The van der Waals surface area contributed by atoms with Crippen molar-refractivity contribution < 1.29 is 9.59 Å². The standard InChI is InChI=1S/C23H39N5O2/c1-5-28(6-2)17(3)23(30)27(4)20(14-18-10-8-7-9-11-18)22(29)26-16-19-12-13-21(24)25-15-19/h12-13,15,17-18,20H,5-11,14,16H2,1-4H3,(H2,24,25)(H,26,29)/t17?,20-/m0/s1. The van der Waals surface area contributed by atoms with Gasteiger partial charge in [-0.05, 0) is 44.0 Å². The van der Waals surface area contributed by atoms with Crippen LogP contribution in [0.2, 0.25) is 0 Å². The van der Waals surface area contributed by atoms with Gasteiger partial charge < -0.3 is 16.0 Å². The van der Waals surface area contributed by atoms with E-state index >= 15 is 0 Å². The highest BCUT2D eigenvalue weighted by molar-refractivity contribution is 5.89. The van der Waals surface area contributed by atoms with Crippen LogP contribution in [0.15, 0.2) is 18.3 Å². The van der Waals surface area contributed by atoms with Gasteiger partial charge in [0.05, 0.1) is 6.04 Å². The maximum atomic E-state index is 13.2. The number of likely N-dealkylation sites (N-methyl/N-ethyl adjacent to an activating group) is 2. The molecule has 0 spiro atoms. The van der Waals surface area contributed by atoms with E-state index in [0.29, 0.717) is 18.3 Å². The molecule has 7 nitrogen and oxygen atoms in total. The highest BCUT2D eigenvalue weighted by Gasteiger charge is 2.33. The van der Waals surface area contributed by atoms with Gasteiger partial charge in [0, 0.05) is 19.8 Å². The van der Waals surface area contributed by atoms with Crippen LogP contribution in [0, 0.1) is 5.92 Å². The molecule has 0 bridgehead atoms. The second kappa shape index (κ2) is 11.9. The number of nitrogens with one attached hydrogen (secondary N) is 1. The Hall–Kier alpha value is -2.15. The van der Waals surface area contributed by atoms with Gasteiger partial charge in [0.15, 0.2) is 0 Å². The molecular weight excluding hydrogens is 378 g/mol. The third-order valence-corrected chi connectivity index (χ3v) is 6.43. The van der Waals surface area contributed by atoms with Gasteiger partial charge in [0.1, 0.15) is 11.9 Å². The molecule has 1 aliphatic rings. The topological polar surface area (TPSA) is 91.6 Å². The minimum absolute atomic E-state index is 0.00353. The Bertz CT molecular complexity index is 669. The van der Waals surface area contributed by atoms with E-state index in [0.717, 1.165) is 37.9 Å². The third-order valence-electron chi connectivity index (χ3n) is 6.43. The van der Waals surface area contributed by atoms with Crippen LogP contribution in [0.4, 0.5) is 5.82 Å². The van der Waals surface area contributed by atoms with Gasteiger partial charge in [-0.1, -0.05) is 52.0 Å². The molecule has 0 saturated heterocycles. The summed E-state index contributed by atoms with van der Waals surface area (Å²) in [4.78, 5) is 34.2. The fourth-order valence-corrected chi connectivity index (χ4v) is 4.40. The van der Waals surface area contributed by atoms with Crippen molar-refractivity contribution in [1.29, 1.82) is 0 Å². The van der Waals surface area contributed by atoms with Crippen molar-refractivity contribution in [3.05, 3.63) is 23.9 Å². The second-order valence-electron chi connectivity index (χ2n) is 8.41.